The van der Waals surface area contributed by atoms with E-state index in [1.54, 1.807) is 18.2 Å². The number of hydrogen-bond donors (Lipinski definition) is 2. The number of carbonyl (C=O) groups is 2. The number of hydrogen-bond acceptors (Lipinski definition) is 3. The molecule has 0 bridgehead atoms. The third kappa shape index (κ3) is 4.89. The summed E-state index contributed by atoms with van der Waals surface area (Å²) in [6.07, 6.45) is 2.33. The minimum Gasteiger partial charge on any atom is -0.348 e. The van der Waals surface area contributed by atoms with E-state index < -0.39 is 29.5 Å². The molecule has 3 aromatic carbocycles. The van der Waals surface area contributed by atoms with Gasteiger partial charge in [-0.1, -0.05) is 30.3 Å². The lowest BCUT2D eigenvalue weighted by atomic mass is 9.91. The summed E-state index contributed by atoms with van der Waals surface area (Å²) in [5.74, 6) is -3.55. The van der Waals surface area contributed by atoms with Crippen LogP contribution in [0.3, 0.4) is 0 Å². The first kappa shape index (κ1) is 23.4. The lowest BCUT2D eigenvalue weighted by Crippen LogP contribution is -2.55. The molecule has 1 aliphatic heterocycles. The van der Waals surface area contributed by atoms with Gasteiger partial charge >= 0.3 is 0 Å². The normalized spacial score (nSPS) is 20.0. The summed E-state index contributed by atoms with van der Waals surface area (Å²) in [5, 5.41) is 7.39. The topological polar surface area (TPSA) is 61.4 Å². The molecule has 3 aromatic rings. The maximum absolute atomic E-state index is 14.3. The molecule has 2 N–H and O–H groups in total. The van der Waals surface area contributed by atoms with E-state index in [1.807, 2.05) is 17.0 Å². The number of amides is 2. The average Bonchev–Trinajstić information content (AvgIpc) is 3.71. The Morgan fingerprint density at radius 3 is 2.40 bits per heavy atom. The van der Waals surface area contributed by atoms with E-state index in [-0.39, 0.29) is 23.3 Å². The van der Waals surface area contributed by atoms with Crippen LogP contribution in [-0.2, 0) is 11.3 Å². The van der Waals surface area contributed by atoms with Crippen molar-refractivity contribution in [2.24, 2.45) is 5.92 Å². The predicted molar refractivity (Wildman–Crippen MR) is 126 cm³/mol. The molecule has 1 heterocycles. The molecule has 8 heteroatoms. The number of carbonyl (C=O) groups excluding carboxylic acids is 2. The number of halogens is 3. The molecule has 182 valence electrons. The van der Waals surface area contributed by atoms with Crippen molar-refractivity contribution < 1.29 is 22.8 Å². The highest BCUT2D eigenvalue weighted by molar-refractivity contribution is 5.95. The molecule has 2 atom stereocenters. The van der Waals surface area contributed by atoms with E-state index in [2.05, 4.69) is 10.6 Å². The van der Waals surface area contributed by atoms with Gasteiger partial charge < -0.3 is 15.5 Å². The highest BCUT2D eigenvalue weighted by Crippen LogP contribution is 2.33. The van der Waals surface area contributed by atoms with Crippen molar-refractivity contribution in [3.63, 3.8) is 0 Å². The second kappa shape index (κ2) is 9.70. The first-order valence-corrected chi connectivity index (χ1v) is 11.9. The monoisotopic (exact) mass is 481 g/mol. The number of fused-ring (bicyclic) bond motifs is 1. The lowest BCUT2D eigenvalue weighted by molar-refractivity contribution is -0.138. The van der Waals surface area contributed by atoms with E-state index in [4.69, 9.17) is 0 Å². The van der Waals surface area contributed by atoms with Crippen LogP contribution in [-0.4, -0.2) is 41.9 Å². The first-order chi connectivity index (χ1) is 16.9. The quantitative estimate of drug-likeness (QED) is 0.556. The van der Waals surface area contributed by atoms with Crippen molar-refractivity contribution in [1.82, 2.24) is 15.5 Å². The summed E-state index contributed by atoms with van der Waals surface area (Å²) in [5.41, 5.74) is 0.874. The van der Waals surface area contributed by atoms with Gasteiger partial charge in [-0.05, 0) is 61.0 Å². The van der Waals surface area contributed by atoms with Gasteiger partial charge in [0.25, 0.3) is 5.91 Å². The number of benzene rings is 3. The third-order valence-electron chi connectivity index (χ3n) is 6.87. The van der Waals surface area contributed by atoms with Crippen LogP contribution in [0.2, 0.25) is 0 Å². The van der Waals surface area contributed by atoms with Crippen LogP contribution in [0, 0.1) is 23.4 Å². The number of nitrogens with one attached hydrogen (secondary N) is 2. The molecule has 0 radical (unpaired) electrons. The van der Waals surface area contributed by atoms with Crippen LogP contribution in [0.1, 0.15) is 35.2 Å². The standard InChI is InChI=1S/C27H26F3N3O2/c28-22-9-6-17(19-3-1-2-4-20(19)22)15-33(18-7-8-18)27(35)21-14-31-12-11-25(21)32-26(34)16-5-10-23(29)24(30)13-16/h1-6,9-10,13,18,21,25,31H,7-8,11-12,14-15H2,(H,32,34). The van der Waals surface area contributed by atoms with Crippen LogP contribution in [0.25, 0.3) is 10.8 Å². The summed E-state index contributed by atoms with van der Waals surface area (Å²) < 4.78 is 41.2. The molecule has 1 saturated heterocycles. The van der Waals surface area contributed by atoms with Crippen LogP contribution in [0.15, 0.2) is 54.6 Å². The molecule has 2 fully saturated rings. The third-order valence-corrected chi connectivity index (χ3v) is 6.87. The van der Waals surface area contributed by atoms with Gasteiger partial charge in [-0.15, -0.1) is 0 Å². The molecule has 0 aromatic heterocycles. The zero-order chi connectivity index (χ0) is 24.5. The second-order valence-corrected chi connectivity index (χ2v) is 9.26. The van der Waals surface area contributed by atoms with Crippen molar-refractivity contribution in [2.75, 3.05) is 13.1 Å². The van der Waals surface area contributed by atoms with E-state index in [0.717, 1.165) is 35.9 Å². The summed E-state index contributed by atoms with van der Waals surface area (Å²) >= 11 is 0. The summed E-state index contributed by atoms with van der Waals surface area (Å²) in [4.78, 5) is 28.4. The Morgan fingerprint density at radius 2 is 1.66 bits per heavy atom. The predicted octanol–water partition coefficient (Wildman–Crippen LogP) is 4.16. The van der Waals surface area contributed by atoms with Crippen molar-refractivity contribution in [1.29, 1.82) is 0 Å². The Hall–Kier alpha value is -3.39. The molecule has 1 saturated carbocycles. The van der Waals surface area contributed by atoms with E-state index in [1.165, 1.54) is 12.1 Å². The van der Waals surface area contributed by atoms with Gasteiger partial charge in [0.1, 0.15) is 5.82 Å². The van der Waals surface area contributed by atoms with E-state index >= 15 is 0 Å². The van der Waals surface area contributed by atoms with Gasteiger partial charge in [0, 0.05) is 36.1 Å². The Labute approximate surface area is 201 Å². The highest BCUT2D eigenvalue weighted by Gasteiger charge is 2.40. The van der Waals surface area contributed by atoms with Crippen molar-refractivity contribution in [3.05, 3.63) is 83.2 Å². The fraction of sp³-hybridized carbons (Fsp3) is 0.333. The molecule has 2 unspecified atom stereocenters. The van der Waals surface area contributed by atoms with Gasteiger partial charge in [-0.2, -0.15) is 0 Å². The molecule has 5 rings (SSSR count). The van der Waals surface area contributed by atoms with Gasteiger partial charge in [0.2, 0.25) is 5.91 Å². The van der Waals surface area contributed by atoms with Crippen LogP contribution < -0.4 is 10.6 Å². The summed E-state index contributed by atoms with van der Waals surface area (Å²) in [6, 6.07) is 13.0. The molecule has 2 amide bonds. The van der Waals surface area contributed by atoms with Crippen molar-refractivity contribution >= 4 is 22.6 Å². The number of rotatable bonds is 6. The van der Waals surface area contributed by atoms with Gasteiger partial charge in [-0.3, -0.25) is 9.59 Å². The Bertz CT molecular complexity index is 1280. The van der Waals surface area contributed by atoms with Crippen molar-refractivity contribution in [2.45, 2.75) is 37.9 Å². The largest absolute Gasteiger partial charge is 0.348 e. The number of piperidine rings is 1. The van der Waals surface area contributed by atoms with Gasteiger partial charge in [0.15, 0.2) is 11.6 Å². The summed E-state index contributed by atoms with van der Waals surface area (Å²) in [6.45, 7) is 1.37. The average molecular weight is 482 g/mol. The molecule has 2 aliphatic rings. The fourth-order valence-corrected chi connectivity index (χ4v) is 4.81. The van der Waals surface area contributed by atoms with Gasteiger partial charge in [0.05, 0.1) is 5.92 Å². The fourth-order valence-electron chi connectivity index (χ4n) is 4.81. The van der Waals surface area contributed by atoms with E-state index in [0.29, 0.717) is 31.4 Å². The van der Waals surface area contributed by atoms with Crippen LogP contribution in [0.4, 0.5) is 13.2 Å². The summed E-state index contributed by atoms with van der Waals surface area (Å²) in [7, 11) is 0. The maximum atomic E-state index is 14.3. The lowest BCUT2D eigenvalue weighted by Gasteiger charge is -2.36. The van der Waals surface area contributed by atoms with E-state index in [9.17, 15) is 22.8 Å². The molecular weight excluding hydrogens is 455 g/mol. The smallest absolute Gasteiger partial charge is 0.251 e. The molecule has 5 nitrogen and oxygen atoms in total. The zero-order valence-electron chi connectivity index (χ0n) is 19.1. The molecule has 0 spiro atoms. The SMILES string of the molecule is O=C(NC1CCNCC1C(=O)N(Cc1ccc(F)c2ccccc12)C1CC1)c1ccc(F)c(F)c1. The Balaban J connectivity index is 1.37. The Morgan fingerprint density at radius 1 is 0.914 bits per heavy atom. The van der Waals surface area contributed by atoms with Crippen LogP contribution in [0.5, 0.6) is 0 Å². The first-order valence-electron chi connectivity index (χ1n) is 11.9. The molecule has 35 heavy (non-hydrogen) atoms. The zero-order valence-corrected chi connectivity index (χ0v) is 19.1. The second-order valence-electron chi connectivity index (χ2n) is 9.26. The minimum absolute atomic E-state index is 0.00506. The molecular formula is C27H26F3N3O2. The maximum Gasteiger partial charge on any atom is 0.251 e. The van der Waals surface area contributed by atoms with Gasteiger partial charge in [-0.25, -0.2) is 13.2 Å². The Kier molecular flexibility index (Phi) is 6.47. The minimum atomic E-state index is -1.10. The number of nitrogens with zero attached hydrogens (tertiary/aromatic N) is 1. The van der Waals surface area contributed by atoms with Crippen molar-refractivity contribution in [3.8, 4) is 0 Å². The molecule has 1 aliphatic carbocycles. The van der Waals surface area contributed by atoms with Crippen LogP contribution >= 0.6 is 0 Å². The highest BCUT2D eigenvalue weighted by atomic mass is 19.2.